The van der Waals surface area contributed by atoms with Crippen LogP contribution in [0.25, 0.3) is 10.2 Å². The van der Waals surface area contributed by atoms with Gasteiger partial charge in [-0.2, -0.15) is 0 Å². The molecular weight excluding hydrogens is 366 g/mol. The number of hydrogen-bond donors (Lipinski definition) is 0. The monoisotopic (exact) mass is 391 g/mol. The maximum Gasteiger partial charge on any atom is 0.262 e. The minimum Gasteiger partial charge on any atom is -0.350 e. The molecule has 0 aliphatic carbocycles. The molecule has 0 atom stereocenters. The molecule has 4 heterocycles. The number of amides is 1. The molecule has 2 fully saturated rings. The number of thiophene rings is 1. The normalized spacial score (nSPS) is 19.3. The number of hydrogen-bond acceptors (Lipinski definition) is 6. The van der Waals surface area contributed by atoms with Crippen LogP contribution in [-0.2, 0) is 20.8 Å². The fourth-order valence-corrected chi connectivity index (χ4v) is 4.86. The number of ether oxygens (including phenoxy) is 2. The summed E-state index contributed by atoms with van der Waals surface area (Å²) >= 11 is 1.54. The van der Waals surface area contributed by atoms with Crippen molar-refractivity contribution in [3.63, 3.8) is 0 Å². The number of fused-ring (bicyclic) bond motifs is 1. The van der Waals surface area contributed by atoms with E-state index in [1.807, 2.05) is 18.7 Å². The molecule has 0 aromatic carbocycles. The van der Waals surface area contributed by atoms with Gasteiger partial charge in [0.05, 0.1) is 24.9 Å². The lowest BCUT2D eigenvalue weighted by Gasteiger charge is -2.34. The van der Waals surface area contributed by atoms with E-state index < -0.39 is 0 Å². The topological polar surface area (TPSA) is 73.7 Å². The molecular formula is C19H25N3O4S. The summed E-state index contributed by atoms with van der Waals surface area (Å²) in [6.45, 7) is 7.10. The molecule has 0 N–H and O–H groups in total. The summed E-state index contributed by atoms with van der Waals surface area (Å²) in [5, 5.41) is 0.685. The number of carbonyl (C=O) groups is 1. The van der Waals surface area contributed by atoms with Gasteiger partial charge in [-0.1, -0.05) is 0 Å². The van der Waals surface area contributed by atoms with Crippen LogP contribution in [0.15, 0.2) is 11.1 Å². The SMILES string of the molecule is Cc1sc2ncn(CCC(=O)N3CCC(C4OCCO4)CC3)c(=O)c2c1C. The van der Waals surface area contributed by atoms with E-state index in [0.29, 0.717) is 37.5 Å². The Hall–Kier alpha value is -1.77. The van der Waals surface area contributed by atoms with Gasteiger partial charge in [-0.05, 0) is 32.3 Å². The van der Waals surface area contributed by atoms with Gasteiger partial charge in [-0.25, -0.2) is 4.98 Å². The quantitative estimate of drug-likeness (QED) is 0.798. The van der Waals surface area contributed by atoms with E-state index in [4.69, 9.17) is 9.47 Å². The lowest BCUT2D eigenvalue weighted by molar-refractivity contribution is -0.137. The van der Waals surface area contributed by atoms with Crippen LogP contribution in [-0.4, -0.2) is 53.0 Å². The van der Waals surface area contributed by atoms with E-state index in [1.54, 1.807) is 10.9 Å². The van der Waals surface area contributed by atoms with Crippen molar-refractivity contribution in [1.29, 1.82) is 0 Å². The number of nitrogens with zero attached hydrogens (tertiary/aromatic N) is 3. The number of aryl methyl sites for hydroxylation is 3. The fraction of sp³-hybridized carbons (Fsp3) is 0.632. The molecule has 2 saturated heterocycles. The molecule has 2 aromatic rings. The first-order valence-electron chi connectivity index (χ1n) is 9.50. The Kier molecular flexibility index (Phi) is 5.29. The molecule has 0 spiro atoms. The summed E-state index contributed by atoms with van der Waals surface area (Å²) in [7, 11) is 0. The number of carbonyl (C=O) groups excluding carboxylic acids is 1. The molecule has 0 radical (unpaired) electrons. The highest BCUT2D eigenvalue weighted by Crippen LogP contribution is 2.27. The third-order valence-corrected chi connectivity index (χ3v) is 6.76. The summed E-state index contributed by atoms with van der Waals surface area (Å²) < 4.78 is 12.7. The largest absolute Gasteiger partial charge is 0.350 e. The van der Waals surface area contributed by atoms with Crippen LogP contribution in [0.1, 0.15) is 29.7 Å². The zero-order valence-electron chi connectivity index (χ0n) is 15.8. The zero-order valence-corrected chi connectivity index (χ0v) is 16.6. The molecule has 1 amide bonds. The molecule has 4 rings (SSSR count). The van der Waals surface area contributed by atoms with Crippen LogP contribution in [0.3, 0.4) is 0 Å². The predicted octanol–water partition coefficient (Wildman–Crippen LogP) is 2.08. The van der Waals surface area contributed by atoms with Crippen LogP contribution in [0, 0.1) is 19.8 Å². The molecule has 8 heteroatoms. The Labute approximate surface area is 161 Å². The molecule has 146 valence electrons. The van der Waals surface area contributed by atoms with Gasteiger partial charge >= 0.3 is 0 Å². The summed E-state index contributed by atoms with van der Waals surface area (Å²) in [6.07, 6.45) is 3.58. The van der Waals surface area contributed by atoms with Crippen LogP contribution in [0.4, 0.5) is 0 Å². The Bertz CT molecular complexity index is 892. The molecule has 0 bridgehead atoms. The summed E-state index contributed by atoms with van der Waals surface area (Å²) in [4.78, 5) is 33.5. The fourth-order valence-electron chi connectivity index (χ4n) is 3.87. The average molecular weight is 391 g/mol. The van der Waals surface area contributed by atoms with Gasteiger partial charge in [0, 0.05) is 36.9 Å². The van der Waals surface area contributed by atoms with E-state index in [2.05, 4.69) is 4.98 Å². The minimum atomic E-state index is -0.101. The highest BCUT2D eigenvalue weighted by Gasteiger charge is 2.31. The summed E-state index contributed by atoms with van der Waals surface area (Å²) in [5.74, 6) is 0.461. The number of rotatable bonds is 4. The lowest BCUT2D eigenvalue weighted by atomic mass is 9.96. The Morgan fingerprint density at radius 1 is 1.26 bits per heavy atom. The maximum absolute atomic E-state index is 12.7. The minimum absolute atomic E-state index is 0.0520. The van der Waals surface area contributed by atoms with E-state index in [9.17, 15) is 9.59 Å². The molecule has 2 aliphatic rings. The second-order valence-electron chi connectivity index (χ2n) is 7.28. The summed E-state index contributed by atoms with van der Waals surface area (Å²) in [6, 6.07) is 0. The van der Waals surface area contributed by atoms with E-state index in [1.165, 1.54) is 11.3 Å². The van der Waals surface area contributed by atoms with Crippen molar-refractivity contribution in [1.82, 2.24) is 14.5 Å². The smallest absolute Gasteiger partial charge is 0.262 e. The zero-order chi connectivity index (χ0) is 19.0. The second kappa shape index (κ2) is 7.69. The lowest BCUT2D eigenvalue weighted by Crippen LogP contribution is -2.42. The van der Waals surface area contributed by atoms with Crippen molar-refractivity contribution < 1.29 is 14.3 Å². The van der Waals surface area contributed by atoms with Crippen molar-refractivity contribution in [3.8, 4) is 0 Å². The molecule has 0 saturated carbocycles. The Balaban J connectivity index is 1.36. The third-order valence-electron chi connectivity index (χ3n) is 5.65. The number of aromatic nitrogens is 2. The number of likely N-dealkylation sites (tertiary alicyclic amines) is 1. The van der Waals surface area contributed by atoms with Crippen LogP contribution in [0.2, 0.25) is 0 Å². The third kappa shape index (κ3) is 3.66. The Morgan fingerprint density at radius 2 is 1.96 bits per heavy atom. The highest BCUT2D eigenvalue weighted by molar-refractivity contribution is 7.18. The van der Waals surface area contributed by atoms with Crippen LogP contribution >= 0.6 is 11.3 Å². The van der Waals surface area contributed by atoms with Gasteiger partial charge in [0.2, 0.25) is 5.91 Å². The van der Waals surface area contributed by atoms with Gasteiger partial charge in [-0.3, -0.25) is 14.2 Å². The Morgan fingerprint density at radius 3 is 2.67 bits per heavy atom. The van der Waals surface area contributed by atoms with Gasteiger partial charge < -0.3 is 14.4 Å². The molecule has 2 aromatic heterocycles. The maximum atomic E-state index is 12.7. The van der Waals surface area contributed by atoms with Crippen molar-refractivity contribution in [2.75, 3.05) is 26.3 Å². The molecule has 2 aliphatic heterocycles. The van der Waals surface area contributed by atoms with Crippen molar-refractivity contribution in [3.05, 3.63) is 27.1 Å². The van der Waals surface area contributed by atoms with Gasteiger partial charge in [-0.15, -0.1) is 11.3 Å². The van der Waals surface area contributed by atoms with Gasteiger partial charge in [0.15, 0.2) is 6.29 Å². The van der Waals surface area contributed by atoms with Crippen LogP contribution < -0.4 is 5.56 Å². The molecule has 0 unspecified atom stereocenters. The first-order chi connectivity index (χ1) is 13.0. The molecule has 7 nitrogen and oxygen atoms in total. The highest BCUT2D eigenvalue weighted by atomic mass is 32.1. The number of piperidine rings is 1. The van der Waals surface area contributed by atoms with Crippen molar-refractivity contribution >= 4 is 27.5 Å². The second-order valence-corrected chi connectivity index (χ2v) is 8.49. The van der Waals surface area contributed by atoms with Gasteiger partial charge in [0.25, 0.3) is 5.56 Å². The van der Waals surface area contributed by atoms with Crippen molar-refractivity contribution in [2.45, 2.75) is 45.9 Å². The first kappa shape index (κ1) is 18.6. The first-order valence-corrected chi connectivity index (χ1v) is 10.3. The van der Waals surface area contributed by atoms with E-state index in [-0.39, 0.29) is 17.8 Å². The van der Waals surface area contributed by atoms with E-state index in [0.717, 1.165) is 41.2 Å². The van der Waals surface area contributed by atoms with Crippen molar-refractivity contribution in [2.24, 2.45) is 5.92 Å². The standard InChI is InChI=1S/C19H25N3O4S/c1-12-13(2)27-17-16(12)18(24)22(11-20-17)8-5-15(23)21-6-3-14(4-7-21)19-25-9-10-26-19/h11,14,19H,3-10H2,1-2H3. The average Bonchev–Trinajstić information content (AvgIpc) is 3.30. The predicted molar refractivity (Wildman–Crippen MR) is 103 cm³/mol. The molecule has 27 heavy (non-hydrogen) atoms. The van der Waals surface area contributed by atoms with E-state index >= 15 is 0 Å². The summed E-state index contributed by atoms with van der Waals surface area (Å²) in [5.41, 5.74) is 0.940. The van der Waals surface area contributed by atoms with Crippen LogP contribution in [0.5, 0.6) is 0 Å². The van der Waals surface area contributed by atoms with Gasteiger partial charge in [0.1, 0.15) is 4.83 Å².